The van der Waals surface area contributed by atoms with E-state index in [1.807, 2.05) is 55.5 Å². The number of allylic oxidation sites excluding steroid dienone is 6. The summed E-state index contributed by atoms with van der Waals surface area (Å²) >= 11 is 0. The third-order valence-electron chi connectivity index (χ3n) is 4.14. The largest absolute Gasteiger partial charge is 0.253 e. The SMILES string of the molecule is CC1=C(c2cccc(-n3nnc(-c4ccccn4)n3)c2)C=C(F)C=CC1. The third kappa shape index (κ3) is 3.21. The van der Waals surface area contributed by atoms with Crippen molar-refractivity contribution in [1.82, 2.24) is 25.2 Å². The normalized spacial score (nSPS) is 14.3. The topological polar surface area (TPSA) is 56.5 Å². The highest BCUT2D eigenvalue weighted by atomic mass is 19.1. The summed E-state index contributed by atoms with van der Waals surface area (Å²) in [7, 11) is 0. The Morgan fingerprint density at radius 1 is 1.12 bits per heavy atom. The van der Waals surface area contributed by atoms with Crippen molar-refractivity contribution >= 4 is 5.57 Å². The molecule has 1 aliphatic rings. The van der Waals surface area contributed by atoms with Crippen molar-refractivity contribution in [1.29, 1.82) is 0 Å². The van der Waals surface area contributed by atoms with Crippen LogP contribution in [-0.4, -0.2) is 25.2 Å². The Kier molecular flexibility index (Phi) is 4.23. The Morgan fingerprint density at radius 3 is 2.88 bits per heavy atom. The zero-order valence-corrected chi connectivity index (χ0v) is 14.2. The van der Waals surface area contributed by atoms with Crippen LogP contribution in [0, 0.1) is 0 Å². The van der Waals surface area contributed by atoms with Crippen molar-refractivity contribution in [2.45, 2.75) is 13.3 Å². The van der Waals surface area contributed by atoms with Crippen LogP contribution < -0.4 is 0 Å². The minimum absolute atomic E-state index is 0.251. The predicted octanol–water partition coefficient (Wildman–Crippen LogP) is 4.31. The fourth-order valence-corrected chi connectivity index (χ4v) is 2.82. The number of nitrogens with zero attached hydrogens (tertiary/aromatic N) is 5. The van der Waals surface area contributed by atoms with Crippen molar-refractivity contribution in [2.24, 2.45) is 0 Å². The van der Waals surface area contributed by atoms with E-state index in [0.29, 0.717) is 11.5 Å². The molecule has 2 heterocycles. The van der Waals surface area contributed by atoms with Gasteiger partial charge < -0.3 is 0 Å². The maximum Gasteiger partial charge on any atom is 0.223 e. The van der Waals surface area contributed by atoms with Crippen molar-refractivity contribution in [3.8, 4) is 17.2 Å². The van der Waals surface area contributed by atoms with Crippen molar-refractivity contribution in [2.75, 3.05) is 0 Å². The molecular formula is C20H16FN5. The summed E-state index contributed by atoms with van der Waals surface area (Å²) in [6.45, 7) is 2.01. The average Bonchev–Trinajstić information content (AvgIpc) is 3.10. The monoisotopic (exact) mass is 345 g/mol. The first-order chi connectivity index (χ1) is 12.7. The molecule has 0 aliphatic heterocycles. The van der Waals surface area contributed by atoms with Gasteiger partial charge in [0.05, 0.1) is 5.69 Å². The lowest BCUT2D eigenvalue weighted by molar-refractivity contribution is 0.668. The summed E-state index contributed by atoms with van der Waals surface area (Å²) in [5.74, 6) is 0.203. The Labute approximate surface area is 150 Å². The van der Waals surface area contributed by atoms with E-state index in [4.69, 9.17) is 0 Å². The number of rotatable bonds is 3. The predicted molar refractivity (Wildman–Crippen MR) is 97.9 cm³/mol. The molecule has 1 aliphatic carbocycles. The lowest BCUT2D eigenvalue weighted by atomic mass is 9.99. The Hall–Kier alpha value is -3.41. The molecule has 4 rings (SSSR count). The van der Waals surface area contributed by atoms with Crippen LogP contribution in [0.15, 0.2) is 78.3 Å². The van der Waals surface area contributed by atoms with Crippen LogP contribution in [0.3, 0.4) is 0 Å². The minimum atomic E-state index is -0.251. The van der Waals surface area contributed by atoms with Crippen molar-refractivity contribution in [3.05, 3.63) is 83.9 Å². The van der Waals surface area contributed by atoms with Gasteiger partial charge >= 0.3 is 0 Å². The number of hydrogen-bond donors (Lipinski definition) is 0. The molecule has 6 heteroatoms. The van der Waals surface area contributed by atoms with Gasteiger partial charge in [-0.25, -0.2) is 4.39 Å². The highest BCUT2D eigenvalue weighted by molar-refractivity contribution is 5.78. The summed E-state index contributed by atoms with van der Waals surface area (Å²) in [6, 6.07) is 13.2. The van der Waals surface area contributed by atoms with Crippen molar-refractivity contribution in [3.63, 3.8) is 0 Å². The fourth-order valence-electron chi connectivity index (χ4n) is 2.82. The number of hydrogen-bond acceptors (Lipinski definition) is 4. The molecule has 0 N–H and O–H groups in total. The zero-order valence-electron chi connectivity index (χ0n) is 14.2. The van der Waals surface area contributed by atoms with E-state index in [2.05, 4.69) is 20.4 Å². The second kappa shape index (κ2) is 6.84. The molecule has 1 aromatic carbocycles. The molecule has 2 aromatic heterocycles. The molecule has 0 saturated carbocycles. The highest BCUT2D eigenvalue weighted by Crippen LogP contribution is 2.28. The summed E-state index contributed by atoms with van der Waals surface area (Å²) in [5, 5.41) is 12.6. The van der Waals surface area contributed by atoms with Gasteiger partial charge in [-0.05, 0) is 66.1 Å². The fraction of sp³-hybridized carbons (Fsp3) is 0.100. The van der Waals surface area contributed by atoms with Gasteiger partial charge in [-0.3, -0.25) is 4.98 Å². The summed E-state index contributed by atoms with van der Waals surface area (Å²) in [4.78, 5) is 5.69. The number of aromatic nitrogens is 5. The van der Waals surface area contributed by atoms with Gasteiger partial charge in [0.2, 0.25) is 5.82 Å². The molecule has 0 amide bonds. The molecular weight excluding hydrogens is 329 g/mol. The van der Waals surface area contributed by atoms with Gasteiger partial charge in [0, 0.05) is 6.20 Å². The molecule has 0 bridgehead atoms. The Balaban J connectivity index is 1.71. The lowest BCUT2D eigenvalue weighted by Crippen LogP contribution is -2.00. The van der Waals surface area contributed by atoms with E-state index in [0.717, 1.165) is 28.8 Å². The van der Waals surface area contributed by atoms with E-state index in [9.17, 15) is 4.39 Å². The first-order valence-electron chi connectivity index (χ1n) is 8.26. The first-order valence-corrected chi connectivity index (χ1v) is 8.26. The zero-order chi connectivity index (χ0) is 17.9. The van der Waals surface area contributed by atoms with E-state index >= 15 is 0 Å². The van der Waals surface area contributed by atoms with Gasteiger partial charge in [0.15, 0.2) is 0 Å². The summed E-state index contributed by atoms with van der Waals surface area (Å²) < 4.78 is 13.9. The van der Waals surface area contributed by atoms with E-state index in [1.165, 1.54) is 10.9 Å². The highest BCUT2D eigenvalue weighted by Gasteiger charge is 2.11. The van der Waals surface area contributed by atoms with Crippen LogP contribution in [0.1, 0.15) is 18.9 Å². The molecule has 0 atom stereocenters. The molecule has 0 fully saturated rings. The number of halogens is 1. The molecule has 0 spiro atoms. The number of benzene rings is 1. The maximum atomic E-state index is 13.9. The van der Waals surface area contributed by atoms with Crippen LogP contribution in [0.2, 0.25) is 0 Å². The molecule has 128 valence electrons. The average molecular weight is 345 g/mol. The van der Waals surface area contributed by atoms with Gasteiger partial charge in [-0.1, -0.05) is 29.8 Å². The van der Waals surface area contributed by atoms with Crippen LogP contribution >= 0.6 is 0 Å². The van der Waals surface area contributed by atoms with Gasteiger partial charge in [0.25, 0.3) is 0 Å². The molecule has 5 nitrogen and oxygen atoms in total. The molecule has 3 aromatic rings. The quantitative estimate of drug-likeness (QED) is 0.710. The Morgan fingerprint density at radius 2 is 2.04 bits per heavy atom. The summed E-state index contributed by atoms with van der Waals surface area (Å²) in [6.07, 6.45) is 7.29. The number of pyridine rings is 1. The summed E-state index contributed by atoms with van der Waals surface area (Å²) in [5.41, 5.74) is 4.30. The first kappa shape index (κ1) is 16.1. The van der Waals surface area contributed by atoms with Gasteiger partial charge in [-0.15, -0.1) is 15.0 Å². The Bertz CT molecular complexity index is 1030. The van der Waals surface area contributed by atoms with Crippen LogP contribution in [-0.2, 0) is 0 Å². The van der Waals surface area contributed by atoms with E-state index < -0.39 is 0 Å². The van der Waals surface area contributed by atoms with Crippen LogP contribution in [0.25, 0.3) is 22.8 Å². The van der Waals surface area contributed by atoms with Gasteiger partial charge in [0.1, 0.15) is 11.5 Å². The number of tetrazole rings is 1. The smallest absolute Gasteiger partial charge is 0.223 e. The third-order valence-corrected chi connectivity index (χ3v) is 4.14. The maximum absolute atomic E-state index is 13.9. The van der Waals surface area contributed by atoms with Crippen LogP contribution in [0.4, 0.5) is 4.39 Å². The molecule has 0 radical (unpaired) electrons. The van der Waals surface area contributed by atoms with E-state index in [-0.39, 0.29) is 5.83 Å². The molecule has 0 unspecified atom stereocenters. The molecule has 0 saturated heterocycles. The standard InChI is InChI=1S/C20H16FN5/c1-14-6-4-8-16(21)13-18(14)15-7-5-9-17(12-15)26-24-20(23-25-26)19-10-2-3-11-22-19/h2-5,7-13H,6H2,1H3. The minimum Gasteiger partial charge on any atom is -0.253 e. The second-order valence-corrected chi connectivity index (χ2v) is 6.00. The molecule has 26 heavy (non-hydrogen) atoms. The lowest BCUT2D eigenvalue weighted by Gasteiger charge is -2.08. The second-order valence-electron chi connectivity index (χ2n) is 6.00. The van der Waals surface area contributed by atoms with Crippen molar-refractivity contribution < 1.29 is 4.39 Å². The van der Waals surface area contributed by atoms with E-state index in [1.54, 1.807) is 12.3 Å². The van der Waals surface area contributed by atoms with Gasteiger partial charge in [-0.2, -0.15) is 0 Å². The van der Waals surface area contributed by atoms with Crippen LogP contribution in [0.5, 0.6) is 0 Å².